The number of aromatic nitrogens is 2. The van der Waals surface area contributed by atoms with Crippen LogP contribution in [0.5, 0.6) is 11.5 Å². The predicted octanol–water partition coefficient (Wildman–Crippen LogP) is 3.73. The van der Waals surface area contributed by atoms with Crippen molar-refractivity contribution in [2.24, 2.45) is 5.10 Å². The van der Waals surface area contributed by atoms with Crippen LogP contribution in [0.1, 0.15) is 36.7 Å². The van der Waals surface area contributed by atoms with Gasteiger partial charge in [0.15, 0.2) is 11.5 Å². The Morgan fingerprint density at radius 3 is 2.30 bits per heavy atom. The van der Waals surface area contributed by atoms with Crippen molar-refractivity contribution >= 4 is 17.1 Å². The smallest absolute Gasteiger partial charge is 0.282 e. The molecule has 3 aromatic rings. The minimum atomic E-state index is -0.256. The van der Waals surface area contributed by atoms with E-state index in [1.165, 1.54) is 17.3 Å². The van der Waals surface area contributed by atoms with E-state index in [-0.39, 0.29) is 5.56 Å². The average Bonchev–Trinajstić information content (AvgIpc) is 2.67. The Hall–Kier alpha value is -3.15. The molecule has 1 heterocycles. The van der Waals surface area contributed by atoms with Crippen molar-refractivity contribution in [3.8, 4) is 11.5 Å². The minimum Gasteiger partial charge on any atom is -0.493 e. The highest BCUT2D eigenvalue weighted by atomic mass is 16.5. The highest BCUT2D eigenvalue weighted by Crippen LogP contribution is 2.30. The van der Waals surface area contributed by atoms with Crippen molar-refractivity contribution in [2.75, 3.05) is 14.2 Å². The molecule has 0 atom stereocenters. The van der Waals surface area contributed by atoms with Crippen LogP contribution in [0.4, 0.5) is 0 Å². The molecule has 2 aromatic carbocycles. The van der Waals surface area contributed by atoms with E-state index in [1.54, 1.807) is 32.4 Å². The fourth-order valence-electron chi connectivity index (χ4n) is 2.84. The molecule has 0 amide bonds. The van der Waals surface area contributed by atoms with Crippen LogP contribution in [-0.2, 0) is 0 Å². The van der Waals surface area contributed by atoms with Gasteiger partial charge >= 0.3 is 0 Å². The monoisotopic (exact) mass is 365 g/mol. The van der Waals surface area contributed by atoms with Gasteiger partial charge in [-0.15, -0.1) is 0 Å². The van der Waals surface area contributed by atoms with Crippen LogP contribution in [0.15, 0.2) is 46.3 Å². The molecule has 27 heavy (non-hydrogen) atoms. The van der Waals surface area contributed by atoms with Gasteiger partial charge in [0.1, 0.15) is 5.82 Å². The van der Waals surface area contributed by atoms with Crippen molar-refractivity contribution in [3.63, 3.8) is 0 Å². The third kappa shape index (κ3) is 3.69. The fourth-order valence-corrected chi connectivity index (χ4v) is 2.84. The lowest BCUT2D eigenvalue weighted by atomic mass is 10.0. The molecule has 0 aliphatic carbocycles. The number of aryl methyl sites for hydroxylation is 1. The summed E-state index contributed by atoms with van der Waals surface area (Å²) in [6.45, 7) is 6.04. The largest absolute Gasteiger partial charge is 0.493 e. The maximum atomic E-state index is 12.9. The second-order valence-corrected chi connectivity index (χ2v) is 6.57. The summed E-state index contributed by atoms with van der Waals surface area (Å²) in [5.41, 5.74) is 2.46. The van der Waals surface area contributed by atoms with Gasteiger partial charge in [-0.25, -0.2) is 4.98 Å². The van der Waals surface area contributed by atoms with Crippen LogP contribution in [0.3, 0.4) is 0 Å². The van der Waals surface area contributed by atoms with E-state index in [9.17, 15) is 4.79 Å². The number of methoxy groups -OCH3 is 2. The first-order chi connectivity index (χ1) is 12.9. The summed E-state index contributed by atoms with van der Waals surface area (Å²) in [7, 11) is 3.08. The molecule has 140 valence electrons. The van der Waals surface area contributed by atoms with Crippen LogP contribution in [0.25, 0.3) is 10.9 Å². The molecule has 0 spiro atoms. The van der Waals surface area contributed by atoms with Crippen molar-refractivity contribution in [3.05, 3.63) is 63.7 Å². The maximum Gasteiger partial charge on any atom is 0.282 e. The number of ether oxygens (including phenoxy) is 2. The lowest BCUT2D eigenvalue weighted by Gasteiger charge is -2.10. The molecule has 0 saturated heterocycles. The summed E-state index contributed by atoms with van der Waals surface area (Å²) < 4.78 is 11.9. The molecule has 0 aliphatic heterocycles. The molecular weight excluding hydrogens is 342 g/mol. The lowest BCUT2D eigenvalue weighted by molar-refractivity contribution is 0.355. The topological polar surface area (TPSA) is 65.7 Å². The predicted molar refractivity (Wildman–Crippen MR) is 107 cm³/mol. The molecule has 0 unspecified atom stereocenters. The van der Waals surface area contributed by atoms with E-state index < -0.39 is 0 Å². The zero-order valence-electron chi connectivity index (χ0n) is 16.2. The Labute approximate surface area is 158 Å². The highest BCUT2D eigenvalue weighted by Gasteiger charge is 2.13. The Morgan fingerprint density at radius 1 is 1.07 bits per heavy atom. The minimum absolute atomic E-state index is 0.256. The summed E-state index contributed by atoms with van der Waals surface area (Å²) in [6, 6.07) is 11.4. The van der Waals surface area contributed by atoms with Gasteiger partial charge in [-0.05, 0) is 30.0 Å². The third-order valence-corrected chi connectivity index (χ3v) is 4.44. The number of hydrogen-bond acceptors (Lipinski definition) is 5. The van der Waals surface area contributed by atoms with E-state index in [0.717, 1.165) is 5.56 Å². The lowest BCUT2D eigenvalue weighted by Crippen LogP contribution is -2.20. The van der Waals surface area contributed by atoms with Gasteiger partial charge in [-0.2, -0.15) is 9.78 Å². The van der Waals surface area contributed by atoms with Crippen molar-refractivity contribution in [1.29, 1.82) is 0 Å². The van der Waals surface area contributed by atoms with Crippen molar-refractivity contribution < 1.29 is 9.47 Å². The van der Waals surface area contributed by atoms with Gasteiger partial charge in [0.2, 0.25) is 0 Å². The number of nitrogens with zero attached hydrogens (tertiary/aromatic N) is 3. The molecule has 6 nitrogen and oxygen atoms in total. The SMILES string of the molecule is COc1cc2nc(C)n(/N=C\c3ccc(C(C)C)cc3)c(=O)c2cc1OC. The molecule has 6 heteroatoms. The summed E-state index contributed by atoms with van der Waals surface area (Å²) >= 11 is 0. The maximum absolute atomic E-state index is 12.9. The van der Waals surface area contributed by atoms with E-state index in [4.69, 9.17) is 9.47 Å². The zero-order chi connectivity index (χ0) is 19.6. The van der Waals surface area contributed by atoms with Gasteiger partial charge in [0.25, 0.3) is 5.56 Å². The summed E-state index contributed by atoms with van der Waals surface area (Å²) in [4.78, 5) is 17.4. The normalized spacial score (nSPS) is 11.5. The molecule has 1 aromatic heterocycles. The first-order valence-corrected chi connectivity index (χ1v) is 8.74. The molecular formula is C21H23N3O3. The quantitative estimate of drug-likeness (QED) is 0.646. The van der Waals surface area contributed by atoms with Gasteiger partial charge < -0.3 is 9.47 Å². The fraction of sp³-hybridized carbons (Fsp3) is 0.286. The van der Waals surface area contributed by atoms with E-state index in [2.05, 4.69) is 36.1 Å². The van der Waals surface area contributed by atoms with Crippen LogP contribution < -0.4 is 15.0 Å². The number of rotatable bonds is 5. The first-order valence-electron chi connectivity index (χ1n) is 8.74. The number of benzene rings is 2. The van der Waals surface area contributed by atoms with E-state index in [0.29, 0.717) is 34.1 Å². The van der Waals surface area contributed by atoms with Gasteiger partial charge in [0, 0.05) is 6.07 Å². The first kappa shape index (κ1) is 18.6. The summed E-state index contributed by atoms with van der Waals surface area (Å²) in [5.74, 6) is 1.97. The molecule has 0 saturated carbocycles. The zero-order valence-corrected chi connectivity index (χ0v) is 16.2. The number of hydrogen-bond donors (Lipinski definition) is 0. The Morgan fingerprint density at radius 2 is 1.70 bits per heavy atom. The van der Waals surface area contributed by atoms with E-state index >= 15 is 0 Å². The van der Waals surface area contributed by atoms with Gasteiger partial charge in [0.05, 0.1) is 31.3 Å². The molecule has 0 fully saturated rings. The van der Waals surface area contributed by atoms with Crippen LogP contribution in [0.2, 0.25) is 0 Å². The Bertz CT molecular complexity index is 1050. The van der Waals surface area contributed by atoms with Crippen molar-refractivity contribution in [1.82, 2.24) is 9.66 Å². The molecule has 0 bridgehead atoms. The second kappa shape index (κ2) is 7.61. The summed E-state index contributed by atoms with van der Waals surface area (Å²) in [5, 5.41) is 4.76. The van der Waals surface area contributed by atoms with Crippen molar-refractivity contribution in [2.45, 2.75) is 26.7 Å². The molecule has 0 radical (unpaired) electrons. The van der Waals surface area contributed by atoms with Crippen LogP contribution in [0, 0.1) is 6.92 Å². The molecule has 0 N–H and O–H groups in total. The molecule has 3 rings (SSSR count). The van der Waals surface area contributed by atoms with Gasteiger partial charge in [-0.1, -0.05) is 38.1 Å². The average molecular weight is 365 g/mol. The second-order valence-electron chi connectivity index (χ2n) is 6.57. The van der Waals surface area contributed by atoms with Crippen LogP contribution >= 0.6 is 0 Å². The van der Waals surface area contributed by atoms with Crippen LogP contribution in [-0.4, -0.2) is 30.1 Å². The Kier molecular flexibility index (Phi) is 5.26. The number of fused-ring (bicyclic) bond motifs is 1. The third-order valence-electron chi connectivity index (χ3n) is 4.44. The van der Waals surface area contributed by atoms with Gasteiger partial charge in [-0.3, -0.25) is 4.79 Å². The standard InChI is InChI=1S/C21H23N3O3/c1-13(2)16-8-6-15(7-9-16)12-22-24-14(3)23-18-11-20(27-5)19(26-4)10-17(18)21(24)25/h6-13H,1-5H3/b22-12-. The van der Waals surface area contributed by atoms with E-state index in [1.807, 2.05) is 12.1 Å². The summed E-state index contributed by atoms with van der Waals surface area (Å²) in [6.07, 6.45) is 1.66. The highest BCUT2D eigenvalue weighted by molar-refractivity contribution is 5.82. The molecule has 0 aliphatic rings. The Balaban J connectivity index is 2.05.